The second-order valence-electron chi connectivity index (χ2n) is 8.46. The monoisotopic (exact) mass is 440 g/mol. The van der Waals surface area contributed by atoms with Crippen LogP contribution in [0, 0.1) is 17.1 Å². The second kappa shape index (κ2) is 10.4. The predicted molar refractivity (Wildman–Crippen MR) is 122 cm³/mol. The van der Waals surface area contributed by atoms with Crippen molar-refractivity contribution in [3.63, 3.8) is 0 Å². The number of nitrogens with zero attached hydrogens (tertiary/aromatic N) is 3. The molecule has 1 aromatic heterocycles. The molecule has 1 aliphatic carbocycles. The lowest BCUT2D eigenvalue weighted by Gasteiger charge is -2.34. The first-order chi connectivity index (χ1) is 15.1. The molecular formula is C24H29FN4OS. The SMILES string of the molecule is N#Cc1c(NC(=O)CN2CCN(Cc3cccc(F)c3)CC2)sc2c1CCCCCC2. The molecule has 0 saturated carbocycles. The first-order valence-corrected chi connectivity index (χ1v) is 12.0. The zero-order valence-corrected chi connectivity index (χ0v) is 18.6. The van der Waals surface area contributed by atoms with Crippen LogP contribution in [0.15, 0.2) is 24.3 Å². The van der Waals surface area contributed by atoms with E-state index in [9.17, 15) is 14.4 Å². The molecule has 0 radical (unpaired) electrons. The van der Waals surface area contributed by atoms with Crippen molar-refractivity contribution in [3.05, 3.63) is 51.7 Å². The number of rotatable bonds is 5. The molecule has 0 spiro atoms. The molecule has 1 aromatic carbocycles. The van der Waals surface area contributed by atoms with Gasteiger partial charge in [-0.15, -0.1) is 11.3 Å². The van der Waals surface area contributed by atoms with Crippen LogP contribution in [0.2, 0.25) is 0 Å². The highest BCUT2D eigenvalue weighted by atomic mass is 32.1. The summed E-state index contributed by atoms with van der Waals surface area (Å²) in [5, 5.41) is 13.4. The number of benzene rings is 1. The maximum absolute atomic E-state index is 13.4. The van der Waals surface area contributed by atoms with Crippen LogP contribution < -0.4 is 5.32 Å². The van der Waals surface area contributed by atoms with Gasteiger partial charge in [0.05, 0.1) is 12.1 Å². The fourth-order valence-electron chi connectivity index (χ4n) is 4.49. The Balaban J connectivity index is 1.30. The van der Waals surface area contributed by atoms with Gasteiger partial charge >= 0.3 is 0 Å². The average molecular weight is 441 g/mol. The van der Waals surface area contributed by atoms with Gasteiger partial charge in [-0.1, -0.05) is 25.0 Å². The van der Waals surface area contributed by atoms with Gasteiger partial charge in [-0.05, 0) is 48.9 Å². The standard InChI is InChI=1S/C24H29FN4OS/c25-19-7-5-6-18(14-19)16-28-10-12-29(13-11-28)17-23(30)27-24-21(15-26)20-8-3-1-2-4-9-22(20)31-24/h5-7,14H,1-4,8-13,16-17H2,(H,27,30). The fraction of sp³-hybridized carbons (Fsp3) is 0.500. The maximum atomic E-state index is 13.4. The van der Waals surface area contributed by atoms with Crippen LogP contribution in [0.25, 0.3) is 0 Å². The van der Waals surface area contributed by atoms with Crippen molar-refractivity contribution < 1.29 is 9.18 Å². The van der Waals surface area contributed by atoms with E-state index in [4.69, 9.17) is 0 Å². The Morgan fingerprint density at radius 1 is 1.10 bits per heavy atom. The molecule has 0 unspecified atom stereocenters. The average Bonchev–Trinajstić information content (AvgIpc) is 3.04. The lowest BCUT2D eigenvalue weighted by Crippen LogP contribution is -2.48. The Bertz CT molecular complexity index is 959. The van der Waals surface area contributed by atoms with E-state index in [1.165, 1.54) is 23.8 Å². The van der Waals surface area contributed by atoms with Gasteiger partial charge in [0.25, 0.3) is 0 Å². The van der Waals surface area contributed by atoms with Crippen molar-refractivity contribution in [2.45, 2.75) is 45.1 Å². The van der Waals surface area contributed by atoms with E-state index >= 15 is 0 Å². The van der Waals surface area contributed by atoms with Crippen LogP contribution in [0.1, 0.15) is 47.3 Å². The summed E-state index contributed by atoms with van der Waals surface area (Å²) in [4.78, 5) is 18.4. The van der Waals surface area contributed by atoms with Gasteiger partial charge in [-0.3, -0.25) is 14.6 Å². The zero-order chi connectivity index (χ0) is 21.6. The number of fused-ring (bicyclic) bond motifs is 1. The molecule has 5 nitrogen and oxygen atoms in total. The number of aryl methyl sites for hydroxylation is 1. The van der Waals surface area contributed by atoms with Crippen LogP contribution in [-0.4, -0.2) is 48.4 Å². The van der Waals surface area contributed by atoms with Crippen molar-refractivity contribution >= 4 is 22.2 Å². The number of amides is 1. The van der Waals surface area contributed by atoms with Crippen LogP contribution in [-0.2, 0) is 24.2 Å². The van der Waals surface area contributed by atoms with E-state index in [1.54, 1.807) is 23.5 Å². The Kier molecular flexibility index (Phi) is 7.33. The number of halogens is 1. The van der Waals surface area contributed by atoms with Crippen molar-refractivity contribution in [1.29, 1.82) is 5.26 Å². The second-order valence-corrected chi connectivity index (χ2v) is 9.57. The summed E-state index contributed by atoms with van der Waals surface area (Å²) in [5.74, 6) is -0.254. The van der Waals surface area contributed by atoms with E-state index < -0.39 is 0 Å². The summed E-state index contributed by atoms with van der Waals surface area (Å²) in [6.07, 6.45) is 6.69. The molecule has 2 aliphatic rings. The molecule has 2 heterocycles. The molecular weight excluding hydrogens is 411 g/mol. The summed E-state index contributed by atoms with van der Waals surface area (Å²) in [6.45, 7) is 4.36. The third kappa shape index (κ3) is 5.70. The van der Waals surface area contributed by atoms with E-state index in [0.717, 1.165) is 74.5 Å². The molecule has 164 valence electrons. The van der Waals surface area contributed by atoms with Crippen molar-refractivity contribution in [2.24, 2.45) is 0 Å². The summed E-state index contributed by atoms with van der Waals surface area (Å²) in [6, 6.07) is 9.07. The molecule has 1 amide bonds. The van der Waals surface area contributed by atoms with E-state index in [0.29, 0.717) is 12.1 Å². The third-order valence-corrected chi connectivity index (χ3v) is 7.37. The molecule has 7 heteroatoms. The lowest BCUT2D eigenvalue weighted by molar-refractivity contribution is -0.117. The minimum absolute atomic E-state index is 0.0516. The number of anilines is 1. The van der Waals surface area contributed by atoms with Gasteiger partial charge in [0.2, 0.25) is 5.91 Å². The number of carbonyl (C=O) groups excluding carboxylic acids is 1. The molecule has 1 aliphatic heterocycles. The zero-order valence-electron chi connectivity index (χ0n) is 17.8. The molecule has 1 N–H and O–H groups in total. The largest absolute Gasteiger partial charge is 0.315 e. The molecule has 4 rings (SSSR count). The number of thiophene rings is 1. The minimum Gasteiger partial charge on any atom is -0.315 e. The molecule has 2 aromatic rings. The first kappa shape index (κ1) is 21.9. The molecule has 31 heavy (non-hydrogen) atoms. The van der Waals surface area contributed by atoms with Crippen LogP contribution in [0.5, 0.6) is 0 Å². The Hall–Kier alpha value is -2.27. The van der Waals surface area contributed by atoms with Gasteiger partial charge < -0.3 is 5.32 Å². The quantitative estimate of drug-likeness (QED) is 0.758. The van der Waals surface area contributed by atoms with Gasteiger partial charge in [0.15, 0.2) is 0 Å². The van der Waals surface area contributed by atoms with Gasteiger partial charge in [0.1, 0.15) is 16.9 Å². The van der Waals surface area contributed by atoms with E-state index in [1.807, 2.05) is 6.07 Å². The number of hydrogen-bond donors (Lipinski definition) is 1. The van der Waals surface area contributed by atoms with Crippen molar-refractivity contribution in [2.75, 3.05) is 38.0 Å². The summed E-state index contributed by atoms with van der Waals surface area (Å²) in [5.41, 5.74) is 2.81. The van der Waals surface area contributed by atoms with Gasteiger partial charge in [-0.25, -0.2) is 4.39 Å². The number of piperazine rings is 1. The smallest absolute Gasteiger partial charge is 0.239 e. The molecule has 0 bridgehead atoms. The number of nitrogens with one attached hydrogen (secondary N) is 1. The lowest BCUT2D eigenvalue weighted by atomic mass is 9.97. The number of carbonyl (C=O) groups is 1. The highest BCUT2D eigenvalue weighted by Crippen LogP contribution is 2.36. The van der Waals surface area contributed by atoms with Crippen molar-refractivity contribution in [3.8, 4) is 6.07 Å². The third-order valence-electron chi connectivity index (χ3n) is 6.16. The van der Waals surface area contributed by atoms with Gasteiger partial charge in [0, 0.05) is 37.6 Å². The highest BCUT2D eigenvalue weighted by Gasteiger charge is 2.23. The Morgan fingerprint density at radius 3 is 2.58 bits per heavy atom. The molecule has 0 atom stereocenters. The normalized spacial score (nSPS) is 17.9. The summed E-state index contributed by atoms with van der Waals surface area (Å²) < 4.78 is 13.4. The molecule has 1 saturated heterocycles. The topological polar surface area (TPSA) is 59.4 Å². The Labute approximate surface area is 187 Å². The number of nitriles is 1. The maximum Gasteiger partial charge on any atom is 0.239 e. The van der Waals surface area contributed by atoms with Crippen LogP contribution in [0.4, 0.5) is 9.39 Å². The first-order valence-electron chi connectivity index (χ1n) is 11.2. The molecule has 1 fully saturated rings. The fourth-order valence-corrected chi connectivity index (χ4v) is 5.75. The van der Waals surface area contributed by atoms with Crippen LogP contribution >= 0.6 is 11.3 Å². The summed E-state index contributed by atoms with van der Waals surface area (Å²) >= 11 is 1.59. The number of hydrogen-bond acceptors (Lipinski definition) is 5. The van der Waals surface area contributed by atoms with Crippen molar-refractivity contribution in [1.82, 2.24) is 9.80 Å². The summed E-state index contributed by atoms with van der Waals surface area (Å²) in [7, 11) is 0. The van der Waals surface area contributed by atoms with Gasteiger partial charge in [-0.2, -0.15) is 5.26 Å². The van der Waals surface area contributed by atoms with E-state index in [2.05, 4.69) is 21.2 Å². The van der Waals surface area contributed by atoms with Crippen LogP contribution in [0.3, 0.4) is 0 Å². The predicted octanol–water partition coefficient (Wildman–Crippen LogP) is 4.17. The Morgan fingerprint density at radius 2 is 1.84 bits per heavy atom. The highest BCUT2D eigenvalue weighted by molar-refractivity contribution is 7.16. The van der Waals surface area contributed by atoms with E-state index in [-0.39, 0.29) is 11.7 Å². The minimum atomic E-state index is -0.203.